The van der Waals surface area contributed by atoms with Crippen LogP contribution in [0.3, 0.4) is 0 Å². The number of carbonyl (C=O) groups excluding carboxylic acids is 2. The minimum Gasteiger partial charge on any atom is -0.492 e. The van der Waals surface area contributed by atoms with E-state index in [4.69, 9.17) is 9.47 Å². The lowest BCUT2D eigenvalue weighted by molar-refractivity contribution is 0.101. The fourth-order valence-corrected chi connectivity index (χ4v) is 3.02. The van der Waals surface area contributed by atoms with Crippen molar-refractivity contribution in [3.8, 4) is 11.5 Å². The molecule has 0 saturated heterocycles. The molecule has 0 heterocycles. The van der Waals surface area contributed by atoms with Gasteiger partial charge in [-0.2, -0.15) is 0 Å². The summed E-state index contributed by atoms with van der Waals surface area (Å²) >= 11 is 0. The van der Waals surface area contributed by atoms with E-state index in [1.54, 1.807) is 62.4 Å². The minimum absolute atomic E-state index is 0.176. The number of benzene rings is 3. The van der Waals surface area contributed by atoms with Crippen molar-refractivity contribution in [1.29, 1.82) is 0 Å². The van der Waals surface area contributed by atoms with Crippen LogP contribution in [0.5, 0.6) is 11.5 Å². The van der Waals surface area contributed by atoms with Crippen LogP contribution in [0, 0.1) is 12.7 Å². The Labute approximate surface area is 186 Å². The Bertz CT molecular complexity index is 1120. The normalized spacial score (nSPS) is 10.4. The van der Waals surface area contributed by atoms with Crippen LogP contribution in [0.15, 0.2) is 60.7 Å². The predicted octanol–water partition coefficient (Wildman–Crippen LogP) is 5.44. The number of aryl methyl sites for hydroxylation is 1. The Morgan fingerprint density at radius 3 is 1.81 bits per heavy atom. The molecule has 32 heavy (non-hydrogen) atoms. The first-order chi connectivity index (χ1) is 15.4. The lowest BCUT2D eigenvalue weighted by Gasteiger charge is -2.18. The van der Waals surface area contributed by atoms with Gasteiger partial charge in [0.1, 0.15) is 17.3 Å². The fourth-order valence-electron chi connectivity index (χ4n) is 3.02. The quantitative estimate of drug-likeness (QED) is 0.493. The maximum atomic E-state index is 13.9. The highest BCUT2D eigenvalue weighted by Crippen LogP contribution is 2.37. The molecule has 0 fully saturated rings. The Kier molecular flexibility index (Phi) is 7.44. The van der Waals surface area contributed by atoms with E-state index in [-0.39, 0.29) is 11.5 Å². The van der Waals surface area contributed by atoms with E-state index in [0.717, 1.165) is 0 Å². The average Bonchev–Trinajstić information content (AvgIpc) is 2.79. The third-order valence-corrected chi connectivity index (χ3v) is 4.65. The molecule has 0 bridgehead atoms. The fraction of sp³-hybridized carbons (Fsp3) is 0.200. The highest BCUT2D eigenvalue weighted by Gasteiger charge is 2.18. The van der Waals surface area contributed by atoms with Gasteiger partial charge in [-0.15, -0.1) is 0 Å². The first kappa shape index (κ1) is 22.8. The summed E-state index contributed by atoms with van der Waals surface area (Å²) in [7, 11) is 0. The van der Waals surface area contributed by atoms with Crippen LogP contribution >= 0.6 is 0 Å². The summed E-state index contributed by atoms with van der Waals surface area (Å²) in [4.78, 5) is 25.3. The highest BCUT2D eigenvalue weighted by atomic mass is 19.1. The zero-order valence-electron chi connectivity index (χ0n) is 18.2. The molecule has 2 amide bonds. The van der Waals surface area contributed by atoms with Gasteiger partial charge in [0, 0.05) is 23.3 Å². The number of rotatable bonds is 8. The van der Waals surface area contributed by atoms with Gasteiger partial charge in [-0.3, -0.25) is 9.59 Å². The van der Waals surface area contributed by atoms with Crippen molar-refractivity contribution in [1.82, 2.24) is 0 Å². The summed E-state index contributed by atoms with van der Waals surface area (Å²) < 4.78 is 25.3. The van der Waals surface area contributed by atoms with Crippen LogP contribution in [0.1, 0.15) is 40.1 Å². The molecule has 0 atom stereocenters. The van der Waals surface area contributed by atoms with Crippen molar-refractivity contribution >= 4 is 23.2 Å². The van der Waals surface area contributed by atoms with Crippen molar-refractivity contribution in [2.24, 2.45) is 0 Å². The van der Waals surface area contributed by atoms with E-state index in [1.165, 1.54) is 6.07 Å². The largest absolute Gasteiger partial charge is 0.492 e. The molecule has 2 N–H and O–H groups in total. The zero-order chi connectivity index (χ0) is 23.1. The first-order valence-corrected chi connectivity index (χ1v) is 10.3. The van der Waals surface area contributed by atoms with E-state index in [9.17, 15) is 14.0 Å². The van der Waals surface area contributed by atoms with Crippen molar-refractivity contribution in [2.45, 2.75) is 20.8 Å². The Morgan fingerprint density at radius 1 is 0.781 bits per heavy atom. The van der Waals surface area contributed by atoms with Crippen molar-refractivity contribution < 1.29 is 23.5 Å². The van der Waals surface area contributed by atoms with E-state index in [2.05, 4.69) is 10.6 Å². The summed E-state index contributed by atoms with van der Waals surface area (Å²) in [5.74, 6) is -0.545. The topological polar surface area (TPSA) is 76.7 Å². The standard InChI is InChI=1S/C25H25FN2O4/c1-4-31-22-15-21(28-25(30)18-12-11-16(3)19(26)13-18)23(32-5-2)14-20(22)27-24(29)17-9-7-6-8-10-17/h6-15H,4-5H2,1-3H3,(H,27,29)(H,28,30). The third kappa shape index (κ3) is 5.43. The van der Waals surface area contributed by atoms with Gasteiger partial charge in [-0.25, -0.2) is 4.39 Å². The number of hydrogen-bond donors (Lipinski definition) is 2. The molecule has 166 valence electrons. The molecule has 6 nitrogen and oxygen atoms in total. The number of carbonyl (C=O) groups is 2. The molecule has 0 unspecified atom stereocenters. The van der Waals surface area contributed by atoms with Crippen LogP contribution in [-0.4, -0.2) is 25.0 Å². The molecule has 0 aliphatic heterocycles. The highest BCUT2D eigenvalue weighted by molar-refractivity contribution is 6.07. The summed E-state index contributed by atoms with van der Waals surface area (Å²) in [5.41, 5.74) is 1.87. The van der Waals surface area contributed by atoms with Crippen LogP contribution in [0.25, 0.3) is 0 Å². The molecular weight excluding hydrogens is 411 g/mol. The molecule has 0 aromatic heterocycles. The number of anilines is 2. The minimum atomic E-state index is -0.492. The second-order valence-corrected chi connectivity index (χ2v) is 6.95. The lowest BCUT2D eigenvalue weighted by Crippen LogP contribution is -2.16. The number of halogens is 1. The van der Waals surface area contributed by atoms with E-state index in [0.29, 0.717) is 47.2 Å². The third-order valence-electron chi connectivity index (χ3n) is 4.65. The number of hydrogen-bond acceptors (Lipinski definition) is 4. The second kappa shape index (κ2) is 10.4. The van der Waals surface area contributed by atoms with Crippen molar-refractivity contribution in [3.05, 3.63) is 83.2 Å². The van der Waals surface area contributed by atoms with Crippen LogP contribution in [0.2, 0.25) is 0 Å². The van der Waals surface area contributed by atoms with Gasteiger partial charge in [-0.1, -0.05) is 24.3 Å². The lowest BCUT2D eigenvalue weighted by atomic mass is 10.1. The van der Waals surface area contributed by atoms with Gasteiger partial charge >= 0.3 is 0 Å². The summed E-state index contributed by atoms with van der Waals surface area (Å²) in [5, 5.41) is 5.58. The number of nitrogens with one attached hydrogen (secondary N) is 2. The predicted molar refractivity (Wildman–Crippen MR) is 122 cm³/mol. The van der Waals surface area contributed by atoms with E-state index < -0.39 is 11.7 Å². The van der Waals surface area contributed by atoms with Gasteiger partial charge in [0.2, 0.25) is 0 Å². The van der Waals surface area contributed by atoms with Crippen LogP contribution < -0.4 is 20.1 Å². The Morgan fingerprint density at radius 2 is 1.31 bits per heavy atom. The molecular formula is C25H25FN2O4. The summed E-state index contributed by atoms with van der Waals surface area (Å²) in [6.07, 6.45) is 0. The molecule has 0 aliphatic carbocycles. The molecule has 7 heteroatoms. The van der Waals surface area contributed by atoms with E-state index in [1.807, 2.05) is 13.0 Å². The van der Waals surface area contributed by atoms with Crippen molar-refractivity contribution in [3.63, 3.8) is 0 Å². The zero-order valence-corrected chi connectivity index (χ0v) is 18.2. The maximum absolute atomic E-state index is 13.9. The Balaban J connectivity index is 1.93. The first-order valence-electron chi connectivity index (χ1n) is 10.3. The molecule has 0 saturated carbocycles. The summed E-state index contributed by atoms with van der Waals surface area (Å²) in [6, 6.07) is 16.2. The van der Waals surface area contributed by atoms with Gasteiger partial charge < -0.3 is 20.1 Å². The number of amides is 2. The second-order valence-electron chi connectivity index (χ2n) is 6.95. The number of ether oxygens (including phenoxy) is 2. The average molecular weight is 436 g/mol. The molecule has 0 aliphatic rings. The van der Waals surface area contributed by atoms with Crippen LogP contribution in [-0.2, 0) is 0 Å². The van der Waals surface area contributed by atoms with Gasteiger partial charge in [0.25, 0.3) is 11.8 Å². The molecule has 0 radical (unpaired) electrons. The van der Waals surface area contributed by atoms with Crippen molar-refractivity contribution in [2.75, 3.05) is 23.8 Å². The maximum Gasteiger partial charge on any atom is 0.255 e. The van der Waals surface area contributed by atoms with Gasteiger partial charge in [-0.05, 0) is 50.6 Å². The molecule has 3 aromatic rings. The molecule has 3 aromatic carbocycles. The molecule has 0 spiro atoms. The van der Waals surface area contributed by atoms with Crippen LogP contribution in [0.4, 0.5) is 15.8 Å². The smallest absolute Gasteiger partial charge is 0.255 e. The monoisotopic (exact) mass is 436 g/mol. The Hall–Kier alpha value is -3.87. The SMILES string of the molecule is CCOc1cc(NC(=O)c2ccc(C)c(F)c2)c(OCC)cc1NC(=O)c1ccccc1. The van der Waals surface area contributed by atoms with E-state index >= 15 is 0 Å². The van der Waals surface area contributed by atoms with Gasteiger partial charge in [0.05, 0.1) is 24.6 Å². The van der Waals surface area contributed by atoms with Gasteiger partial charge in [0.15, 0.2) is 0 Å². The summed E-state index contributed by atoms with van der Waals surface area (Å²) in [6.45, 7) is 5.92. The molecule has 3 rings (SSSR count).